The summed E-state index contributed by atoms with van der Waals surface area (Å²) in [7, 11) is 0. The third-order valence-electron chi connectivity index (χ3n) is 2.52. The Bertz CT molecular complexity index is 725. The molecule has 2 aromatic heterocycles. The molecule has 0 aromatic carbocycles. The Morgan fingerprint density at radius 3 is 2.50 bits per heavy atom. The molecule has 102 valence electrons. The Hall–Kier alpha value is -3.10. The van der Waals surface area contributed by atoms with Crippen LogP contribution >= 0.6 is 0 Å². The molecule has 9 nitrogen and oxygen atoms in total. The molecule has 2 aromatic rings. The molecule has 0 saturated heterocycles. The highest BCUT2D eigenvalue weighted by molar-refractivity contribution is 5.39. The van der Waals surface area contributed by atoms with E-state index in [9.17, 15) is 25.0 Å². The summed E-state index contributed by atoms with van der Waals surface area (Å²) in [4.78, 5) is 35.6. The summed E-state index contributed by atoms with van der Waals surface area (Å²) in [6, 6.07) is 5.61. The van der Waals surface area contributed by atoms with Crippen molar-refractivity contribution in [1.29, 1.82) is 0 Å². The quantitative estimate of drug-likeness (QED) is 0.609. The average molecular weight is 276 g/mol. The van der Waals surface area contributed by atoms with Crippen molar-refractivity contribution >= 4 is 11.4 Å². The van der Waals surface area contributed by atoms with Crippen LogP contribution in [0.5, 0.6) is 0 Å². The summed E-state index contributed by atoms with van der Waals surface area (Å²) in [5.74, 6) is 0. The van der Waals surface area contributed by atoms with Crippen molar-refractivity contribution in [3.8, 4) is 0 Å². The maximum atomic E-state index is 11.9. The molecule has 0 spiro atoms. The lowest BCUT2D eigenvalue weighted by atomic mass is 10.3. The van der Waals surface area contributed by atoms with Crippen LogP contribution < -0.4 is 5.56 Å². The second kappa shape index (κ2) is 5.26. The lowest BCUT2D eigenvalue weighted by Crippen LogP contribution is -2.23. The van der Waals surface area contributed by atoms with E-state index in [1.165, 1.54) is 6.20 Å². The van der Waals surface area contributed by atoms with Crippen LogP contribution in [-0.2, 0) is 6.54 Å². The molecular weight excluding hydrogens is 268 g/mol. The summed E-state index contributed by atoms with van der Waals surface area (Å²) in [5.41, 5.74) is -1.81. The number of hydrogen-bond donors (Lipinski definition) is 0. The highest BCUT2D eigenvalue weighted by atomic mass is 16.6. The van der Waals surface area contributed by atoms with Crippen LogP contribution in [-0.4, -0.2) is 19.4 Å². The highest BCUT2D eigenvalue weighted by Crippen LogP contribution is 2.15. The van der Waals surface area contributed by atoms with Crippen LogP contribution in [0.1, 0.15) is 5.69 Å². The van der Waals surface area contributed by atoms with Gasteiger partial charge in [-0.2, -0.15) is 0 Å². The third kappa shape index (κ3) is 2.66. The van der Waals surface area contributed by atoms with E-state index < -0.39 is 26.8 Å². The monoisotopic (exact) mass is 276 g/mol. The second-order valence-electron chi connectivity index (χ2n) is 3.85. The molecule has 0 bridgehead atoms. The van der Waals surface area contributed by atoms with E-state index >= 15 is 0 Å². The minimum absolute atomic E-state index is 0.0812. The number of rotatable bonds is 4. The first kappa shape index (κ1) is 13.3. The van der Waals surface area contributed by atoms with E-state index in [4.69, 9.17) is 0 Å². The SMILES string of the molecule is O=c1c([N+](=O)[O-])cc([N+](=O)[O-])cn1Cc1ccccn1. The Balaban J connectivity index is 2.54. The Kier molecular flexibility index (Phi) is 3.51. The largest absolute Gasteiger partial charge is 0.340 e. The Morgan fingerprint density at radius 1 is 1.20 bits per heavy atom. The zero-order chi connectivity index (χ0) is 14.7. The number of pyridine rings is 2. The fraction of sp³-hybridized carbons (Fsp3) is 0.0909. The lowest BCUT2D eigenvalue weighted by Gasteiger charge is -2.04. The van der Waals surface area contributed by atoms with Crippen LogP contribution in [0.25, 0.3) is 0 Å². The first-order valence-electron chi connectivity index (χ1n) is 5.42. The van der Waals surface area contributed by atoms with Crippen molar-refractivity contribution in [2.24, 2.45) is 0 Å². The topological polar surface area (TPSA) is 121 Å². The van der Waals surface area contributed by atoms with Gasteiger partial charge in [0.1, 0.15) is 6.07 Å². The molecule has 0 unspecified atom stereocenters. The van der Waals surface area contributed by atoms with Crippen molar-refractivity contribution < 1.29 is 9.85 Å². The molecule has 2 heterocycles. The lowest BCUT2D eigenvalue weighted by molar-refractivity contribution is -0.395. The summed E-state index contributed by atoms with van der Waals surface area (Å²) < 4.78 is 0.901. The molecule has 0 fully saturated rings. The van der Waals surface area contributed by atoms with Crippen LogP contribution in [0.2, 0.25) is 0 Å². The van der Waals surface area contributed by atoms with E-state index in [0.717, 1.165) is 10.8 Å². The maximum Gasteiger partial charge on any atom is 0.340 e. The molecule has 0 N–H and O–H groups in total. The minimum atomic E-state index is -0.940. The van der Waals surface area contributed by atoms with Gasteiger partial charge in [0.05, 0.1) is 28.3 Å². The summed E-state index contributed by atoms with van der Waals surface area (Å²) >= 11 is 0. The second-order valence-corrected chi connectivity index (χ2v) is 3.85. The van der Waals surface area contributed by atoms with Gasteiger partial charge in [0.15, 0.2) is 0 Å². The van der Waals surface area contributed by atoms with Crippen LogP contribution in [0.15, 0.2) is 41.5 Å². The van der Waals surface area contributed by atoms with Gasteiger partial charge in [-0.3, -0.25) is 34.6 Å². The number of aromatic nitrogens is 2. The van der Waals surface area contributed by atoms with Gasteiger partial charge >= 0.3 is 11.2 Å². The van der Waals surface area contributed by atoms with Crippen molar-refractivity contribution in [3.05, 3.63) is 72.9 Å². The molecule has 0 aliphatic heterocycles. The molecule has 0 amide bonds. The number of nitro groups is 2. The molecule has 0 atom stereocenters. The minimum Gasteiger partial charge on any atom is -0.297 e. The standard InChI is InChI=1S/C11H8N4O5/c16-11-10(15(19)20)5-9(14(17)18)7-13(11)6-8-3-1-2-4-12-8/h1-5,7H,6H2. The van der Waals surface area contributed by atoms with E-state index in [-0.39, 0.29) is 6.54 Å². The van der Waals surface area contributed by atoms with Gasteiger partial charge < -0.3 is 0 Å². The van der Waals surface area contributed by atoms with Crippen LogP contribution in [0, 0.1) is 20.2 Å². The van der Waals surface area contributed by atoms with Crippen molar-refractivity contribution in [2.45, 2.75) is 6.54 Å². The normalized spacial score (nSPS) is 10.2. The average Bonchev–Trinajstić information content (AvgIpc) is 2.41. The Labute approximate surface area is 111 Å². The van der Waals surface area contributed by atoms with Gasteiger partial charge in [-0.05, 0) is 12.1 Å². The third-order valence-corrected chi connectivity index (χ3v) is 2.52. The predicted molar refractivity (Wildman–Crippen MR) is 67.3 cm³/mol. The summed E-state index contributed by atoms with van der Waals surface area (Å²) in [6.07, 6.45) is 2.45. The van der Waals surface area contributed by atoms with E-state index in [1.807, 2.05) is 0 Å². The first-order chi connectivity index (χ1) is 9.49. The molecule has 0 radical (unpaired) electrons. The molecule has 0 saturated carbocycles. The van der Waals surface area contributed by atoms with E-state index in [2.05, 4.69) is 4.98 Å². The number of nitrogens with zero attached hydrogens (tertiary/aromatic N) is 4. The number of hydrogen-bond acceptors (Lipinski definition) is 6. The molecule has 0 aliphatic rings. The fourth-order valence-electron chi connectivity index (χ4n) is 1.62. The smallest absolute Gasteiger partial charge is 0.297 e. The molecule has 2 rings (SSSR count). The molecule has 9 heteroatoms. The zero-order valence-corrected chi connectivity index (χ0v) is 10.0. The van der Waals surface area contributed by atoms with Crippen molar-refractivity contribution in [1.82, 2.24) is 9.55 Å². The van der Waals surface area contributed by atoms with Crippen molar-refractivity contribution in [3.63, 3.8) is 0 Å². The van der Waals surface area contributed by atoms with Crippen LogP contribution in [0.4, 0.5) is 11.4 Å². The van der Waals surface area contributed by atoms with Gasteiger partial charge in [0.2, 0.25) is 0 Å². The van der Waals surface area contributed by atoms with Crippen molar-refractivity contribution in [2.75, 3.05) is 0 Å². The predicted octanol–water partition coefficient (Wildman–Crippen LogP) is 1.11. The maximum absolute atomic E-state index is 11.9. The first-order valence-corrected chi connectivity index (χ1v) is 5.42. The molecular formula is C11H8N4O5. The zero-order valence-electron chi connectivity index (χ0n) is 10.0. The van der Waals surface area contributed by atoms with Gasteiger partial charge in [-0.25, -0.2) is 0 Å². The summed E-state index contributed by atoms with van der Waals surface area (Å²) in [5, 5.41) is 21.5. The van der Waals surface area contributed by atoms with Gasteiger partial charge in [-0.1, -0.05) is 6.07 Å². The molecule has 0 aliphatic carbocycles. The van der Waals surface area contributed by atoms with Gasteiger partial charge in [0, 0.05) is 6.20 Å². The van der Waals surface area contributed by atoms with Gasteiger partial charge in [-0.15, -0.1) is 0 Å². The molecule has 20 heavy (non-hydrogen) atoms. The van der Waals surface area contributed by atoms with E-state index in [0.29, 0.717) is 11.8 Å². The fourth-order valence-corrected chi connectivity index (χ4v) is 1.62. The Morgan fingerprint density at radius 2 is 1.95 bits per heavy atom. The highest BCUT2D eigenvalue weighted by Gasteiger charge is 2.21. The summed E-state index contributed by atoms with van der Waals surface area (Å²) in [6.45, 7) is -0.0812. The van der Waals surface area contributed by atoms with Gasteiger partial charge in [0.25, 0.3) is 5.69 Å². The van der Waals surface area contributed by atoms with Crippen LogP contribution in [0.3, 0.4) is 0 Å². The van der Waals surface area contributed by atoms with E-state index in [1.54, 1.807) is 18.2 Å².